The van der Waals surface area contributed by atoms with E-state index in [-0.39, 0.29) is 5.91 Å². The summed E-state index contributed by atoms with van der Waals surface area (Å²) in [5, 5.41) is 0.589. The normalized spacial score (nSPS) is 15.9. The van der Waals surface area contributed by atoms with Crippen molar-refractivity contribution in [1.29, 1.82) is 0 Å². The number of benzene rings is 2. The van der Waals surface area contributed by atoms with Crippen LogP contribution in [-0.2, 0) is 9.53 Å². The summed E-state index contributed by atoms with van der Waals surface area (Å²) >= 11 is 1.31. The highest BCUT2D eigenvalue weighted by atomic mass is 32.2. The monoisotopic (exact) mass is 468 g/mol. The molecule has 1 amide bonds. The highest BCUT2D eigenvalue weighted by Crippen LogP contribution is 2.35. The second-order valence-corrected chi connectivity index (χ2v) is 8.21. The Labute approximate surface area is 198 Å². The van der Waals surface area contributed by atoms with E-state index in [1.54, 1.807) is 36.3 Å². The molecular weight excluding hydrogens is 440 g/mol. The largest absolute Gasteiger partial charge is 0.493 e. The molecule has 0 spiro atoms. The molecule has 1 aliphatic heterocycles. The van der Waals surface area contributed by atoms with Crippen LogP contribution in [0.1, 0.15) is 42.6 Å². The first-order chi connectivity index (χ1) is 16.0. The van der Waals surface area contributed by atoms with Crippen molar-refractivity contribution in [2.24, 2.45) is 4.99 Å². The summed E-state index contributed by atoms with van der Waals surface area (Å²) < 4.78 is 16.0. The van der Waals surface area contributed by atoms with E-state index in [2.05, 4.69) is 11.9 Å². The van der Waals surface area contributed by atoms with Gasteiger partial charge >= 0.3 is 5.97 Å². The fraction of sp³-hybridized carbons (Fsp3) is 0.320. The van der Waals surface area contributed by atoms with Gasteiger partial charge in [-0.1, -0.05) is 19.4 Å². The Morgan fingerprint density at radius 1 is 1.09 bits per heavy atom. The number of esters is 1. The molecule has 3 rings (SSSR count). The predicted octanol–water partition coefficient (Wildman–Crippen LogP) is 5.28. The molecule has 0 aliphatic carbocycles. The van der Waals surface area contributed by atoms with Crippen molar-refractivity contribution in [3.05, 3.63) is 58.5 Å². The first-order valence-corrected chi connectivity index (χ1v) is 11.6. The van der Waals surface area contributed by atoms with Gasteiger partial charge in [0.2, 0.25) is 0 Å². The Balaban J connectivity index is 1.83. The molecule has 1 fully saturated rings. The maximum atomic E-state index is 13.0. The fourth-order valence-electron chi connectivity index (χ4n) is 3.14. The zero-order valence-corrected chi connectivity index (χ0v) is 20.1. The molecule has 174 valence electrons. The van der Waals surface area contributed by atoms with E-state index in [1.165, 1.54) is 18.9 Å². The lowest BCUT2D eigenvalue weighted by molar-refractivity contribution is -0.122. The van der Waals surface area contributed by atoms with Gasteiger partial charge in [0.1, 0.15) is 0 Å². The van der Waals surface area contributed by atoms with E-state index in [0.717, 1.165) is 18.4 Å². The molecule has 33 heavy (non-hydrogen) atoms. The first kappa shape index (κ1) is 24.4. The number of ether oxygens (including phenoxy) is 3. The van der Waals surface area contributed by atoms with E-state index in [1.807, 2.05) is 31.2 Å². The number of amides is 1. The second-order valence-electron chi connectivity index (χ2n) is 7.21. The summed E-state index contributed by atoms with van der Waals surface area (Å²) in [5.74, 6) is 0.807. The average Bonchev–Trinajstić information content (AvgIpc) is 3.13. The maximum Gasteiger partial charge on any atom is 0.337 e. The van der Waals surface area contributed by atoms with E-state index >= 15 is 0 Å². The number of methoxy groups -OCH3 is 2. The van der Waals surface area contributed by atoms with Crippen LogP contribution in [0.15, 0.2) is 52.4 Å². The van der Waals surface area contributed by atoms with Crippen molar-refractivity contribution >= 4 is 40.6 Å². The number of aliphatic imine (C=N–C) groups is 1. The Morgan fingerprint density at radius 3 is 2.48 bits per heavy atom. The van der Waals surface area contributed by atoms with E-state index in [4.69, 9.17) is 14.2 Å². The number of carbonyl (C=O) groups excluding carboxylic acids is 2. The van der Waals surface area contributed by atoms with Gasteiger partial charge in [-0.05, 0) is 73.1 Å². The van der Waals surface area contributed by atoms with Gasteiger partial charge in [-0.25, -0.2) is 9.79 Å². The number of rotatable bonds is 9. The molecule has 2 aromatic rings. The molecule has 0 atom stereocenters. The minimum Gasteiger partial charge on any atom is -0.493 e. The van der Waals surface area contributed by atoms with Crippen LogP contribution in [0, 0.1) is 0 Å². The average molecular weight is 469 g/mol. The second kappa shape index (κ2) is 11.6. The SMILES string of the molecule is CCCCOc1ccc(/C=C2/SC(=Nc3ccc(C(=O)OC)cc3)N(CC)C2=O)cc1OC. The number of hydrogen-bond donors (Lipinski definition) is 0. The quantitative estimate of drug-likeness (QED) is 0.283. The lowest BCUT2D eigenvalue weighted by Gasteiger charge is -2.12. The van der Waals surface area contributed by atoms with Gasteiger partial charge in [0.15, 0.2) is 16.7 Å². The summed E-state index contributed by atoms with van der Waals surface area (Å²) in [5.41, 5.74) is 1.93. The summed E-state index contributed by atoms with van der Waals surface area (Å²) in [6, 6.07) is 12.4. The number of amidine groups is 1. The minimum absolute atomic E-state index is 0.102. The summed E-state index contributed by atoms with van der Waals surface area (Å²) in [6.45, 7) is 5.15. The van der Waals surface area contributed by atoms with Crippen LogP contribution in [0.4, 0.5) is 5.69 Å². The molecule has 1 heterocycles. The summed E-state index contributed by atoms with van der Waals surface area (Å²) in [4.78, 5) is 31.4. The molecule has 0 radical (unpaired) electrons. The highest BCUT2D eigenvalue weighted by Gasteiger charge is 2.32. The van der Waals surface area contributed by atoms with Crippen molar-refractivity contribution in [3.63, 3.8) is 0 Å². The maximum absolute atomic E-state index is 13.0. The van der Waals surface area contributed by atoms with Crippen LogP contribution >= 0.6 is 11.8 Å². The highest BCUT2D eigenvalue weighted by molar-refractivity contribution is 8.18. The Kier molecular flexibility index (Phi) is 8.54. The topological polar surface area (TPSA) is 77.4 Å². The standard InChI is InChI=1S/C25H28N2O5S/c1-5-7-14-32-20-13-8-17(15-21(20)30-3)16-22-23(28)27(6-2)25(33-22)26-19-11-9-18(10-12-19)24(29)31-4/h8-13,15-16H,5-7,14H2,1-4H3/b22-16+,26-25?. The molecule has 0 bridgehead atoms. The Morgan fingerprint density at radius 2 is 1.85 bits per heavy atom. The molecule has 1 aliphatic rings. The number of likely N-dealkylation sites (N-methyl/N-ethyl adjacent to an activating group) is 1. The Bertz CT molecular complexity index is 1060. The summed E-state index contributed by atoms with van der Waals surface area (Å²) in [6.07, 6.45) is 3.86. The van der Waals surface area contributed by atoms with Crippen LogP contribution in [0.5, 0.6) is 11.5 Å². The van der Waals surface area contributed by atoms with Crippen LogP contribution < -0.4 is 9.47 Å². The van der Waals surface area contributed by atoms with Crippen molar-refractivity contribution < 1.29 is 23.8 Å². The third-order valence-electron chi connectivity index (χ3n) is 4.96. The van der Waals surface area contributed by atoms with Crippen LogP contribution in [0.2, 0.25) is 0 Å². The van der Waals surface area contributed by atoms with E-state index < -0.39 is 5.97 Å². The van der Waals surface area contributed by atoms with Crippen LogP contribution in [-0.4, -0.2) is 49.3 Å². The minimum atomic E-state index is -0.405. The smallest absolute Gasteiger partial charge is 0.337 e. The van der Waals surface area contributed by atoms with Gasteiger partial charge in [-0.15, -0.1) is 0 Å². The molecule has 0 saturated carbocycles. The zero-order valence-electron chi connectivity index (χ0n) is 19.3. The van der Waals surface area contributed by atoms with Crippen molar-refractivity contribution in [1.82, 2.24) is 4.90 Å². The van der Waals surface area contributed by atoms with Gasteiger partial charge in [0.05, 0.1) is 37.0 Å². The number of carbonyl (C=O) groups is 2. The van der Waals surface area contributed by atoms with Gasteiger partial charge < -0.3 is 14.2 Å². The van der Waals surface area contributed by atoms with Crippen molar-refractivity contribution in [2.45, 2.75) is 26.7 Å². The Hall–Kier alpha value is -3.26. The molecule has 8 heteroatoms. The van der Waals surface area contributed by atoms with Gasteiger partial charge in [0.25, 0.3) is 5.91 Å². The fourth-order valence-corrected chi connectivity index (χ4v) is 4.20. The van der Waals surface area contributed by atoms with E-state index in [0.29, 0.717) is 46.0 Å². The molecule has 2 aromatic carbocycles. The molecule has 0 aromatic heterocycles. The molecule has 0 N–H and O–H groups in total. The first-order valence-electron chi connectivity index (χ1n) is 10.8. The number of unbranched alkanes of at least 4 members (excludes halogenated alkanes) is 1. The molecule has 1 saturated heterocycles. The molecular formula is C25H28N2O5S. The van der Waals surface area contributed by atoms with Crippen molar-refractivity contribution in [3.8, 4) is 11.5 Å². The lowest BCUT2D eigenvalue weighted by atomic mass is 10.2. The lowest BCUT2D eigenvalue weighted by Crippen LogP contribution is -2.28. The molecule has 7 nitrogen and oxygen atoms in total. The third kappa shape index (κ3) is 5.96. The van der Waals surface area contributed by atoms with Gasteiger partial charge in [-0.3, -0.25) is 9.69 Å². The van der Waals surface area contributed by atoms with Crippen LogP contribution in [0.3, 0.4) is 0 Å². The zero-order chi connectivity index (χ0) is 23.8. The number of thioether (sulfide) groups is 1. The van der Waals surface area contributed by atoms with E-state index in [9.17, 15) is 9.59 Å². The van der Waals surface area contributed by atoms with Crippen LogP contribution in [0.25, 0.3) is 6.08 Å². The predicted molar refractivity (Wildman–Crippen MR) is 131 cm³/mol. The number of nitrogens with zero attached hydrogens (tertiary/aromatic N) is 2. The van der Waals surface area contributed by atoms with Gasteiger partial charge in [-0.2, -0.15) is 0 Å². The molecule has 0 unspecified atom stereocenters. The number of hydrogen-bond acceptors (Lipinski definition) is 7. The van der Waals surface area contributed by atoms with Crippen molar-refractivity contribution in [2.75, 3.05) is 27.4 Å². The third-order valence-corrected chi connectivity index (χ3v) is 5.96. The van der Waals surface area contributed by atoms with Gasteiger partial charge in [0, 0.05) is 6.54 Å². The summed E-state index contributed by atoms with van der Waals surface area (Å²) in [7, 11) is 2.94.